The molecule has 0 saturated heterocycles. The summed E-state index contributed by atoms with van der Waals surface area (Å²) >= 11 is 6.20. The summed E-state index contributed by atoms with van der Waals surface area (Å²) in [5, 5.41) is 17.8. The first kappa shape index (κ1) is 15.5. The Morgan fingerprint density at radius 2 is 2.15 bits per heavy atom. The number of thioether (sulfide) groups is 1. The summed E-state index contributed by atoms with van der Waals surface area (Å²) in [6.45, 7) is 6.15. The van der Waals surface area contributed by atoms with Gasteiger partial charge in [-0.2, -0.15) is 0 Å². The van der Waals surface area contributed by atoms with Crippen LogP contribution < -0.4 is 0 Å². The molecule has 0 saturated carbocycles. The van der Waals surface area contributed by atoms with Gasteiger partial charge in [0.1, 0.15) is 0 Å². The summed E-state index contributed by atoms with van der Waals surface area (Å²) in [6, 6.07) is 3.94. The maximum absolute atomic E-state index is 10.7. The quantitative estimate of drug-likeness (QED) is 0.825. The van der Waals surface area contributed by atoms with E-state index in [1.807, 2.05) is 37.5 Å². The monoisotopic (exact) mass is 375 g/mol. The Bertz CT molecular complexity index is 631. The zero-order chi connectivity index (χ0) is 14.9. The number of carboxylic acid groups (broad SMARTS) is 1. The van der Waals surface area contributed by atoms with E-state index in [0.29, 0.717) is 5.16 Å². The summed E-state index contributed by atoms with van der Waals surface area (Å²) in [4.78, 5) is 11.7. The molecule has 0 aliphatic rings. The average molecular weight is 376 g/mol. The van der Waals surface area contributed by atoms with E-state index < -0.39 is 5.97 Å². The van der Waals surface area contributed by atoms with Gasteiger partial charge in [-0.3, -0.25) is 9.36 Å². The van der Waals surface area contributed by atoms with Crippen LogP contribution in [0, 0.1) is 0 Å². The Balaban J connectivity index is 2.45. The SMILES string of the molecule is CC(C)(C)n1c(SCC(=O)O)nnc1-c1ccc(Br)s1. The molecule has 2 aromatic rings. The fraction of sp³-hybridized carbons (Fsp3) is 0.417. The lowest BCUT2D eigenvalue weighted by Gasteiger charge is -2.24. The zero-order valence-electron chi connectivity index (χ0n) is 11.3. The van der Waals surface area contributed by atoms with E-state index in [-0.39, 0.29) is 11.3 Å². The minimum absolute atomic E-state index is 0.0254. The second-order valence-electron chi connectivity index (χ2n) is 5.10. The largest absolute Gasteiger partial charge is 0.481 e. The highest BCUT2D eigenvalue weighted by Crippen LogP contribution is 2.35. The van der Waals surface area contributed by atoms with Crippen LogP contribution in [0.3, 0.4) is 0 Å². The maximum atomic E-state index is 10.7. The second kappa shape index (κ2) is 5.87. The highest BCUT2D eigenvalue weighted by Gasteiger charge is 2.25. The molecule has 0 aliphatic heterocycles. The summed E-state index contributed by atoms with van der Waals surface area (Å²) in [5.74, 6) is -0.123. The van der Waals surface area contributed by atoms with Gasteiger partial charge in [0.15, 0.2) is 11.0 Å². The van der Waals surface area contributed by atoms with E-state index in [0.717, 1.165) is 14.5 Å². The van der Waals surface area contributed by atoms with Crippen LogP contribution in [0.4, 0.5) is 0 Å². The van der Waals surface area contributed by atoms with Crippen molar-refractivity contribution >= 4 is 45.0 Å². The first-order valence-corrected chi connectivity index (χ1v) is 8.45. The number of halogens is 1. The van der Waals surface area contributed by atoms with Crippen molar-refractivity contribution in [3.8, 4) is 10.7 Å². The predicted octanol–water partition coefficient (Wildman–Crippen LogP) is 3.70. The highest BCUT2D eigenvalue weighted by atomic mass is 79.9. The van der Waals surface area contributed by atoms with E-state index in [2.05, 4.69) is 26.1 Å². The number of rotatable bonds is 4. The van der Waals surface area contributed by atoms with Crippen molar-refractivity contribution in [2.45, 2.75) is 31.5 Å². The lowest BCUT2D eigenvalue weighted by molar-refractivity contribution is -0.133. The molecule has 0 bridgehead atoms. The van der Waals surface area contributed by atoms with Crippen molar-refractivity contribution in [1.29, 1.82) is 0 Å². The van der Waals surface area contributed by atoms with Gasteiger partial charge < -0.3 is 5.11 Å². The van der Waals surface area contributed by atoms with Gasteiger partial charge >= 0.3 is 5.97 Å². The number of hydrogen-bond donors (Lipinski definition) is 1. The molecule has 0 atom stereocenters. The molecule has 8 heteroatoms. The molecule has 20 heavy (non-hydrogen) atoms. The Kier molecular flexibility index (Phi) is 4.55. The number of nitrogens with zero attached hydrogens (tertiary/aromatic N) is 3. The molecule has 2 heterocycles. The first-order valence-electron chi connectivity index (χ1n) is 5.85. The third-order valence-corrected chi connectivity index (χ3v) is 4.96. The molecule has 0 fully saturated rings. The van der Waals surface area contributed by atoms with Crippen molar-refractivity contribution in [1.82, 2.24) is 14.8 Å². The molecule has 2 rings (SSSR count). The van der Waals surface area contributed by atoms with Crippen LogP contribution in [0.15, 0.2) is 21.1 Å². The molecule has 0 unspecified atom stereocenters. The molecule has 108 valence electrons. The summed E-state index contributed by atoms with van der Waals surface area (Å²) in [7, 11) is 0. The minimum Gasteiger partial charge on any atom is -0.481 e. The van der Waals surface area contributed by atoms with Gasteiger partial charge in [0.25, 0.3) is 0 Å². The fourth-order valence-corrected chi connectivity index (χ4v) is 3.89. The maximum Gasteiger partial charge on any atom is 0.313 e. The number of aromatic nitrogens is 3. The number of aliphatic carboxylic acids is 1. The van der Waals surface area contributed by atoms with Crippen molar-refractivity contribution in [3.05, 3.63) is 15.9 Å². The smallest absolute Gasteiger partial charge is 0.313 e. The average Bonchev–Trinajstić information content (AvgIpc) is 2.90. The Morgan fingerprint density at radius 3 is 2.65 bits per heavy atom. The standard InChI is InChI=1S/C12H14BrN3O2S2/c1-12(2,3)16-10(7-4-5-8(13)20-7)14-15-11(16)19-6-9(17)18/h4-5H,6H2,1-3H3,(H,17,18). The number of hydrogen-bond acceptors (Lipinski definition) is 5. The van der Waals surface area contributed by atoms with Crippen LogP contribution in [-0.4, -0.2) is 31.6 Å². The molecule has 5 nitrogen and oxygen atoms in total. The Morgan fingerprint density at radius 1 is 1.45 bits per heavy atom. The van der Waals surface area contributed by atoms with Crippen molar-refractivity contribution in [2.24, 2.45) is 0 Å². The van der Waals surface area contributed by atoms with Crippen LogP contribution in [0.25, 0.3) is 10.7 Å². The van der Waals surface area contributed by atoms with E-state index >= 15 is 0 Å². The van der Waals surface area contributed by atoms with Crippen LogP contribution >= 0.6 is 39.0 Å². The van der Waals surface area contributed by atoms with Crippen molar-refractivity contribution in [3.63, 3.8) is 0 Å². The molecular formula is C12H14BrN3O2S2. The molecule has 0 radical (unpaired) electrons. The molecule has 0 aliphatic carbocycles. The third-order valence-electron chi connectivity index (χ3n) is 2.42. The van der Waals surface area contributed by atoms with Crippen LogP contribution in [0.1, 0.15) is 20.8 Å². The van der Waals surface area contributed by atoms with E-state index in [9.17, 15) is 4.79 Å². The molecule has 0 spiro atoms. The Hall–Kier alpha value is -0.860. The molecule has 1 N–H and O–H groups in total. The normalized spacial score (nSPS) is 11.8. The van der Waals surface area contributed by atoms with Crippen molar-refractivity contribution < 1.29 is 9.90 Å². The molecule has 0 aromatic carbocycles. The number of carboxylic acids is 1. The van der Waals surface area contributed by atoms with Gasteiger partial charge in [-0.1, -0.05) is 11.8 Å². The second-order valence-corrected chi connectivity index (χ2v) is 8.50. The topological polar surface area (TPSA) is 68.0 Å². The zero-order valence-corrected chi connectivity index (χ0v) is 14.5. The van der Waals surface area contributed by atoms with E-state index in [1.165, 1.54) is 11.8 Å². The summed E-state index contributed by atoms with van der Waals surface area (Å²) in [5.41, 5.74) is -0.226. The summed E-state index contributed by atoms with van der Waals surface area (Å²) < 4.78 is 3.01. The molecule has 0 amide bonds. The van der Waals surface area contributed by atoms with Crippen LogP contribution in [0.5, 0.6) is 0 Å². The Labute approximate surface area is 133 Å². The van der Waals surface area contributed by atoms with Gasteiger partial charge in [-0.25, -0.2) is 0 Å². The molecular weight excluding hydrogens is 362 g/mol. The number of thiophene rings is 1. The van der Waals surface area contributed by atoms with Crippen LogP contribution in [0.2, 0.25) is 0 Å². The number of carbonyl (C=O) groups is 1. The summed E-state index contributed by atoms with van der Waals surface area (Å²) in [6.07, 6.45) is 0. The lowest BCUT2D eigenvalue weighted by atomic mass is 10.1. The van der Waals surface area contributed by atoms with Gasteiger partial charge in [0.05, 0.1) is 14.4 Å². The van der Waals surface area contributed by atoms with Crippen molar-refractivity contribution in [2.75, 3.05) is 5.75 Å². The highest BCUT2D eigenvalue weighted by molar-refractivity contribution is 9.11. The molecule has 2 aromatic heterocycles. The van der Waals surface area contributed by atoms with Gasteiger partial charge in [-0.15, -0.1) is 21.5 Å². The van der Waals surface area contributed by atoms with Gasteiger partial charge in [0, 0.05) is 5.54 Å². The van der Waals surface area contributed by atoms with E-state index in [4.69, 9.17) is 5.11 Å². The third kappa shape index (κ3) is 3.42. The van der Waals surface area contributed by atoms with Gasteiger partial charge in [-0.05, 0) is 48.8 Å². The van der Waals surface area contributed by atoms with E-state index in [1.54, 1.807) is 11.3 Å². The minimum atomic E-state index is -0.862. The lowest BCUT2D eigenvalue weighted by Crippen LogP contribution is -2.23. The van der Waals surface area contributed by atoms with Gasteiger partial charge in [0.2, 0.25) is 0 Å². The van der Waals surface area contributed by atoms with Crippen LogP contribution in [-0.2, 0) is 10.3 Å². The predicted molar refractivity (Wildman–Crippen MR) is 84.4 cm³/mol. The fourth-order valence-electron chi connectivity index (χ4n) is 1.69. The first-order chi connectivity index (χ1) is 9.29.